The molecule has 1 atom stereocenters. The molecule has 0 aromatic rings. The van der Waals surface area contributed by atoms with Crippen LogP contribution in [0.4, 0.5) is 0 Å². The van der Waals surface area contributed by atoms with Crippen LogP contribution in [0.2, 0.25) is 0 Å². The summed E-state index contributed by atoms with van der Waals surface area (Å²) in [6.07, 6.45) is 4.01. The largest absolute Gasteiger partial charge is 0.395 e. The van der Waals surface area contributed by atoms with Crippen LogP contribution >= 0.6 is 0 Å². The molecule has 0 unspecified atom stereocenters. The van der Waals surface area contributed by atoms with Crippen molar-refractivity contribution >= 4 is 0 Å². The van der Waals surface area contributed by atoms with Crippen molar-refractivity contribution in [3.05, 3.63) is 0 Å². The van der Waals surface area contributed by atoms with Crippen LogP contribution < -0.4 is 0 Å². The fourth-order valence-electron chi connectivity index (χ4n) is 2.33. The van der Waals surface area contributed by atoms with E-state index in [1.807, 2.05) is 0 Å². The van der Waals surface area contributed by atoms with E-state index in [1.54, 1.807) is 0 Å². The summed E-state index contributed by atoms with van der Waals surface area (Å²) in [7, 11) is 2.22. The van der Waals surface area contributed by atoms with Gasteiger partial charge in [0.2, 0.25) is 0 Å². The molecule has 3 nitrogen and oxygen atoms in total. The van der Waals surface area contributed by atoms with Crippen molar-refractivity contribution in [3.63, 3.8) is 0 Å². The molecule has 0 radical (unpaired) electrons. The van der Waals surface area contributed by atoms with Crippen LogP contribution in [0, 0.1) is 0 Å². The standard InChI is InChI=1S/C12H26N2O/c1-11(2)14(8-9-15)10-12-6-4-5-7-13(12)3/h11-12,15H,4-10H2,1-3H3/t12-/m1/s1. The summed E-state index contributed by atoms with van der Waals surface area (Å²) in [6.45, 7) is 7.83. The van der Waals surface area contributed by atoms with Gasteiger partial charge in [0, 0.05) is 25.2 Å². The van der Waals surface area contributed by atoms with E-state index in [9.17, 15) is 0 Å². The van der Waals surface area contributed by atoms with Gasteiger partial charge >= 0.3 is 0 Å². The first-order chi connectivity index (χ1) is 7.15. The number of piperidine rings is 1. The topological polar surface area (TPSA) is 26.7 Å². The molecule has 1 aliphatic rings. The maximum Gasteiger partial charge on any atom is 0.0558 e. The van der Waals surface area contributed by atoms with Crippen LogP contribution in [0.3, 0.4) is 0 Å². The zero-order chi connectivity index (χ0) is 11.3. The quantitative estimate of drug-likeness (QED) is 0.744. The highest BCUT2D eigenvalue weighted by Crippen LogP contribution is 2.16. The Morgan fingerprint density at radius 3 is 2.67 bits per heavy atom. The highest BCUT2D eigenvalue weighted by molar-refractivity contribution is 4.78. The lowest BCUT2D eigenvalue weighted by molar-refractivity contribution is 0.0960. The van der Waals surface area contributed by atoms with E-state index in [1.165, 1.54) is 25.8 Å². The molecule has 0 aromatic heterocycles. The lowest BCUT2D eigenvalue weighted by atomic mass is 10.0. The number of aliphatic hydroxyl groups is 1. The third kappa shape index (κ3) is 4.09. The third-order valence-electron chi connectivity index (χ3n) is 3.48. The SMILES string of the molecule is CC(C)N(CCO)C[C@H]1CCCCN1C. The van der Waals surface area contributed by atoms with E-state index in [2.05, 4.69) is 30.7 Å². The molecular formula is C12H26N2O. The maximum atomic E-state index is 9.03. The molecule has 1 heterocycles. The molecule has 0 amide bonds. The molecule has 3 heteroatoms. The number of hydrogen-bond donors (Lipinski definition) is 1. The summed E-state index contributed by atoms with van der Waals surface area (Å²) in [5.41, 5.74) is 0. The van der Waals surface area contributed by atoms with Gasteiger partial charge in [-0.15, -0.1) is 0 Å². The van der Waals surface area contributed by atoms with Crippen molar-refractivity contribution in [2.24, 2.45) is 0 Å². The van der Waals surface area contributed by atoms with Gasteiger partial charge in [-0.2, -0.15) is 0 Å². The molecule has 1 rings (SSSR count). The van der Waals surface area contributed by atoms with Gasteiger partial charge in [-0.25, -0.2) is 0 Å². The zero-order valence-corrected chi connectivity index (χ0v) is 10.4. The summed E-state index contributed by atoms with van der Waals surface area (Å²) >= 11 is 0. The van der Waals surface area contributed by atoms with Crippen molar-refractivity contribution in [3.8, 4) is 0 Å². The van der Waals surface area contributed by atoms with Gasteiger partial charge < -0.3 is 10.0 Å². The Kier molecular flexibility index (Phi) is 5.58. The van der Waals surface area contributed by atoms with Crippen LogP contribution in [-0.2, 0) is 0 Å². The highest BCUT2D eigenvalue weighted by Gasteiger charge is 2.22. The van der Waals surface area contributed by atoms with E-state index >= 15 is 0 Å². The van der Waals surface area contributed by atoms with Crippen molar-refractivity contribution in [2.45, 2.75) is 45.2 Å². The number of likely N-dealkylation sites (tertiary alicyclic amines) is 1. The van der Waals surface area contributed by atoms with E-state index in [4.69, 9.17) is 5.11 Å². The number of aliphatic hydroxyl groups excluding tert-OH is 1. The average molecular weight is 214 g/mol. The molecule has 0 bridgehead atoms. The normalized spacial score (nSPS) is 24.0. The Hall–Kier alpha value is -0.120. The van der Waals surface area contributed by atoms with Gasteiger partial charge in [-0.1, -0.05) is 6.42 Å². The van der Waals surface area contributed by atoms with Crippen LogP contribution in [-0.4, -0.2) is 60.3 Å². The highest BCUT2D eigenvalue weighted by atomic mass is 16.3. The van der Waals surface area contributed by atoms with Crippen molar-refractivity contribution in [1.29, 1.82) is 0 Å². The zero-order valence-electron chi connectivity index (χ0n) is 10.4. The molecule has 1 saturated heterocycles. The molecular weight excluding hydrogens is 188 g/mol. The Morgan fingerprint density at radius 1 is 1.40 bits per heavy atom. The minimum Gasteiger partial charge on any atom is -0.395 e. The van der Waals surface area contributed by atoms with Gasteiger partial charge in [-0.05, 0) is 40.3 Å². The van der Waals surface area contributed by atoms with E-state index in [0.29, 0.717) is 12.1 Å². The van der Waals surface area contributed by atoms with Gasteiger partial charge in [0.1, 0.15) is 0 Å². The van der Waals surface area contributed by atoms with Gasteiger partial charge in [0.15, 0.2) is 0 Å². The Morgan fingerprint density at radius 2 is 2.13 bits per heavy atom. The number of nitrogens with zero attached hydrogens (tertiary/aromatic N) is 2. The predicted molar refractivity (Wildman–Crippen MR) is 64.1 cm³/mol. The number of rotatable bonds is 5. The smallest absolute Gasteiger partial charge is 0.0558 e. The first-order valence-electron chi connectivity index (χ1n) is 6.20. The fraction of sp³-hybridized carbons (Fsp3) is 1.00. The molecule has 1 N–H and O–H groups in total. The van der Waals surface area contributed by atoms with E-state index < -0.39 is 0 Å². The van der Waals surface area contributed by atoms with Crippen LogP contribution in [0.25, 0.3) is 0 Å². The van der Waals surface area contributed by atoms with Crippen LogP contribution in [0.5, 0.6) is 0 Å². The third-order valence-corrected chi connectivity index (χ3v) is 3.48. The summed E-state index contributed by atoms with van der Waals surface area (Å²) in [4.78, 5) is 4.85. The first-order valence-corrected chi connectivity index (χ1v) is 6.20. The average Bonchev–Trinajstić information content (AvgIpc) is 2.20. The lowest BCUT2D eigenvalue weighted by Gasteiger charge is -2.37. The molecule has 1 aliphatic heterocycles. The fourth-order valence-corrected chi connectivity index (χ4v) is 2.33. The Bertz CT molecular complexity index is 171. The summed E-state index contributed by atoms with van der Waals surface area (Å²) in [5.74, 6) is 0. The minimum absolute atomic E-state index is 0.272. The minimum atomic E-state index is 0.272. The number of hydrogen-bond acceptors (Lipinski definition) is 3. The maximum absolute atomic E-state index is 9.03. The molecule has 15 heavy (non-hydrogen) atoms. The predicted octanol–water partition coefficient (Wildman–Crippen LogP) is 1.17. The number of likely N-dealkylation sites (N-methyl/N-ethyl adjacent to an activating group) is 1. The summed E-state index contributed by atoms with van der Waals surface area (Å²) < 4.78 is 0. The van der Waals surface area contributed by atoms with E-state index in [0.717, 1.165) is 13.1 Å². The second kappa shape index (κ2) is 6.46. The molecule has 90 valence electrons. The Labute approximate surface area is 94.1 Å². The molecule has 1 fully saturated rings. The monoisotopic (exact) mass is 214 g/mol. The van der Waals surface area contributed by atoms with Gasteiger partial charge in [0.25, 0.3) is 0 Å². The lowest BCUT2D eigenvalue weighted by Crippen LogP contribution is -2.47. The van der Waals surface area contributed by atoms with Crippen LogP contribution in [0.15, 0.2) is 0 Å². The second-order valence-corrected chi connectivity index (χ2v) is 4.94. The van der Waals surface area contributed by atoms with Crippen LogP contribution in [0.1, 0.15) is 33.1 Å². The molecule has 0 spiro atoms. The summed E-state index contributed by atoms with van der Waals surface area (Å²) in [6, 6.07) is 1.22. The molecule has 0 saturated carbocycles. The van der Waals surface area contributed by atoms with Crippen molar-refractivity contribution in [2.75, 3.05) is 33.3 Å². The van der Waals surface area contributed by atoms with E-state index in [-0.39, 0.29) is 6.61 Å². The van der Waals surface area contributed by atoms with Gasteiger partial charge in [-0.3, -0.25) is 4.90 Å². The van der Waals surface area contributed by atoms with Gasteiger partial charge in [0.05, 0.1) is 6.61 Å². The second-order valence-electron chi connectivity index (χ2n) is 4.94. The Balaban J connectivity index is 2.41. The molecule has 0 aromatic carbocycles. The summed E-state index contributed by atoms with van der Waals surface area (Å²) in [5, 5.41) is 9.03. The molecule has 0 aliphatic carbocycles. The first kappa shape index (κ1) is 12.9. The van der Waals surface area contributed by atoms with Crippen molar-refractivity contribution in [1.82, 2.24) is 9.80 Å². The van der Waals surface area contributed by atoms with Crippen molar-refractivity contribution < 1.29 is 5.11 Å².